The fourth-order valence-electron chi connectivity index (χ4n) is 2.84. The maximum atomic E-state index is 9.62. The first-order chi connectivity index (χ1) is 11.7. The molecule has 136 valence electrons. The van der Waals surface area contributed by atoms with Gasteiger partial charge in [-0.3, -0.25) is 0 Å². The van der Waals surface area contributed by atoms with Crippen LogP contribution in [0.3, 0.4) is 0 Å². The van der Waals surface area contributed by atoms with Gasteiger partial charge in [-0.25, -0.2) is 0 Å². The summed E-state index contributed by atoms with van der Waals surface area (Å²) in [6.07, 6.45) is 13.8. The third-order valence-corrected chi connectivity index (χ3v) is 4.28. The predicted molar refractivity (Wildman–Crippen MR) is 99.8 cm³/mol. The average molecular weight is 335 g/mol. The molecule has 0 radical (unpaired) electrons. The molecule has 0 unspecified atom stereocenters. The number of rotatable bonds is 13. The molecular formula is C20H33NO3. The Bertz CT molecular complexity index is 486. The lowest BCUT2D eigenvalue weighted by molar-refractivity contribution is 0.212. The lowest BCUT2D eigenvalue weighted by atomic mass is 10.0. The Hall–Kier alpha value is -1.71. The van der Waals surface area contributed by atoms with Gasteiger partial charge in [0.2, 0.25) is 0 Å². The van der Waals surface area contributed by atoms with Crippen molar-refractivity contribution >= 4 is 5.71 Å². The van der Waals surface area contributed by atoms with Gasteiger partial charge in [-0.15, -0.1) is 0 Å². The summed E-state index contributed by atoms with van der Waals surface area (Å²) in [5.41, 5.74) is 1.61. The second-order valence-corrected chi connectivity index (χ2v) is 6.36. The van der Waals surface area contributed by atoms with E-state index in [1.165, 1.54) is 77.0 Å². The van der Waals surface area contributed by atoms with Crippen LogP contribution >= 0.6 is 0 Å². The molecule has 0 amide bonds. The fourth-order valence-corrected chi connectivity index (χ4v) is 2.84. The molecule has 0 aromatic heterocycles. The highest BCUT2D eigenvalue weighted by Crippen LogP contribution is 2.26. The van der Waals surface area contributed by atoms with Crippen molar-refractivity contribution in [3.63, 3.8) is 0 Å². The molecule has 0 aliphatic heterocycles. The van der Waals surface area contributed by atoms with Crippen LogP contribution in [0.4, 0.5) is 0 Å². The summed E-state index contributed by atoms with van der Waals surface area (Å²) in [5.74, 6) is -0.242. The smallest absolute Gasteiger partial charge is 0.158 e. The van der Waals surface area contributed by atoms with Crippen LogP contribution in [0, 0.1) is 0 Å². The molecule has 4 heteroatoms. The molecule has 2 N–H and O–H groups in total. The Morgan fingerprint density at radius 2 is 1.46 bits per heavy atom. The summed E-state index contributed by atoms with van der Waals surface area (Å²) < 4.78 is 0. The number of nitrogens with zero attached hydrogens (tertiary/aromatic N) is 1. The van der Waals surface area contributed by atoms with E-state index in [-0.39, 0.29) is 11.5 Å². The molecule has 0 aliphatic rings. The van der Waals surface area contributed by atoms with Gasteiger partial charge < -0.3 is 15.1 Å². The molecule has 0 bridgehead atoms. The van der Waals surface area contributed by atoms with Crippen LogP contribution in [0.15, 0.2) is 23.4 Å². The standard InChI is InChI=1S/C20H33NO3/c1-3-4-5-6-7-8-9-10-11-12-13-18(21-24-2)17-14-15-19(22)20(23)16-17/h14-16,22-23H,3-13H2,1-2H3/b21-18+. The first-order valence-electron chi connectivity index (χ1n) is 9.31. The minimum absolute atomic E-state index is 0.116. The lowest BCUT2D eigenvalue weighted by Crippen LogP contribution is -2.02. The first-order valence-corrected chi connectivity index (χ1v) is 9.31. The molecular weight excluding hydrogens is 302 g/mol. The zero-order chi connectivity index (χ0) is 17.6. The first kappa shape index (κ1) is 20.3. The van der Waals surface area contributed by atoms with E-state index in [9.17, 15) is 10.2 Å². The highest BCUT2D eigenvalue weighted by molar-refractivity contribution is 6.00. The zero-order valence-corrected chi connectivity index (χ0v) is 15.3. The molecule has 0 heterocycles. The molecule has 4 nitrogen and oxygen atoms in total. The van der Waals surface area contributed by atoms with Gasteiger partial charge in [0.25, 0.3) is 0 Å². The molecule has 0 aliphatic carbocycles. The van der Waals surface area contributed by atoms with Gasteiger partial charge >= 0.3 is 0 Å². The quantitative estimate of drug-likeness (QED) is 0.208. The van der Waals surface area contributed by atoms with Crippen molar-refractivity contribution in [1.29, 1.82) is 0 Å². The summed E-state index contributed by atoms with van der Waals surface area (Å²) in [7, 11) is 1.53. The van der Waals surface area contributed by atoms with Crippen LogP contribution in [-0.4, -0.2) is 23.0 Å². The van der Waals surface area contributed by atoms with Gasteiger partial charge in [-0.2, -0.15) is 0 Å². The van der Waals surface area contributed by atoms with Crippen molar-refractivity contribution < 1.29 is 15.1 Å². The molecule has 1 rings (SSSR count). The number of unbranched alkanes of at least 4 members (excludes halogenated alkanes) is 9. The summed E-state index contributed by atoms with van der Waals surface area (Å²) in [6.45, 7) is 2.25. The monoisotopic (exact) mass is 335 g/mol. The Kier molecular flexibility index (Phi) is 10.7. The van der Waals surface area contributed by atoms with Crippen LogP contribution in [0.5, 0.6) is 11.5 Å². The van der Waals surface area contributed by atoms with Crippen LogP contribution in [-0.2, 0) is 4.84 Å². The largest absolute Gasteiger partial charge is 0.504 e. The Labute approximate surface area is 146 Å². The number of phenols is 2. The second-order valence-electron chi connectivity index (χ2n) is 6.36. The van der Waals surface area contributed by atoms with E-state index < -0.39 is 0 Å². The van der Waals surface area contributed by atoms with Crippen LogP contribution in [0.2, 0.25) is 0 Å². The van der Waals surface area contributed by atoms with Gasteiger partial charge in [-0.05, 0) is 31.0 Å². The van der Waals surface area contributed by atoms with Crippen molar-refractivity contribution in [2.45, 2.75) is 77.6 Å². The van der Waals surface area contributed by atoms with Crippen LogP contribution in [0.25, 0.3) is 0 Å². The van der Waals surface area contributed by atoms with Gasteiger partial charge in [0.15, 0.2) is 11.5 Å². The molecule has 0 fully saturated rings. The molecule has 24 heavy (non-hydrogen) atoms. The van der Waals surface area contributed by atoms with E-state index >= 15 is 0 Å². The lowest BCUT2D eigenvalue weighted by Gasteiger charge is -2.07. The second kappa shape index (κ2) is 12.7. The minimum atomic E-state index is -0.126. The Morgan fingerprint density at radius 1 is 0.875 bits per heavy atom. The third kappa shape index (κ3) is 8.23. The molecule has 1 aromatic carbocycles. The maximum absolute atomic E-state index is 9.62. The molecule has 0 saturated carbocycles. The highest BCUT2D eigenvalue weighted by atomic mass is 16.6. The summed E-state index contributed by atoms with van der Waals surface area (Å²) in [6, 6.07) is 4.76. The van der Waals surface area contributed by atoms with E-state index in [1.807, 2.05) is 0 Å². The predicted octanol–water partition coefficient (Wildman–Crippen LogP) is 5.76. The van der Waals surface area contributed by atoms with Crippen LogP contribution in [0.1, 0.15) is 83.1 Å². The number of oxime groups is 1. The van der Waals surface area contributed by atoms with Crippen molar-refractivity contribution in [3.8, 4) is 11.5 Å². The number of benzene rings is 1. The Morgan fingerprint density at radius 3 is 2.00 bits per heavy atom. The summed E-state index contributed by atoms with van der Waals surface area (Å²) in [4.78, 5) is 4.91. The topological polar surface area (TPSA) is 62.0 Å². The zero-order valence-electron chi connectivity index (χ0n) is 15.3. The Balaban J connectivity index is 2.23. The van der Waals surface area contributed by atoms with Crippen LogP contribution < -0.4 is 0 Å². The van der Waals surface area contributed by atoms with Crippen molar-refractivity contribution in [2.24, 2.45) is 5.16 Å². The van der Waals surface area contributed by atoms with E-state index in [2.05, 4.69) is 12.1 Å². The normalized spacial score (nSPS) is 11.7. The van der Waals surface area contributed by atoms with Gasteiger partial charge in [0.1, 0.15) is 7.11 Å². The SMILES string of the molecule is CCCCCCCCCCCC/C(=N\OC)c1ccc(O)c(O)c1. The van der Waals surface area contributed by atoms with E-state index in [4.69, 9.17) is 4.84 Å². The van der Waals surface area contributed by atoms with E-state index in [0.717, 1.165) is 24.1 Å². The van der Waals surface area contributed by atoms with Gasteiger partial charge in [0, 0.05) is 5.56 Å². The number of phenolic OH excluding ortho intramolecular Hbond substituents is 2. The van der Waals surface area contributed by atoms with Crippen molar-refractivity contribution in [1.82, 2.24) is 0 Å². The van der Waals surface area contributed by atoms with Gasteiger partial charge in [0.05, 0.1) is 5.71 Å². The van der Waals surface area contributed by atoms with E-state index in [1.54, 1.807) is 6.07 Å². The number of hydrogen-bond donors (Lipinski definition) is 2. The summed E-state index contributed by atoms with van der Waals surface area (Å²) >= 11 is 0. The maximum Gasteiger partial charge on any atom is 0.158 e. The van der Waals surface area contributed by atoms with E-state index in [0.29, 0.717) is 0 Å². The third-order valence-electron chi connectivity index (χ3n) is 4.28. The average Bonchev–Trinajstić information content (AvgIpc) is 2.58. The highest BCUT2D eigenvalue weighted by Gasteiger charge is 2.08. The minimum Gasteiger partial charge on any atom is -0.504 e. The van der Waals surface area contributed by atoms with Crippen molar-refractivity contribution in [3.05, 3.63) is 23.8 Å². The molecule has 0 spiro atoms. The number of hydrogen-bond acceptors (Lipinski definition) is 4. The van der Waals surface area contributed by atoms with Crippen molar-refractivity contribution in [2.75, 3.05) is 7.11 Å². The molecule has 1 aromatic rings. The fraction of sp³-hybridized carbons (Fsp3) is 0.650. The summed E-state index contributed by atoms with van der Waals surface area (Å²) in [5, 5.41) is 23.1. The molecule has 0 atom stereocenters. The number of aromatic hydroxyl groups is 2. The van der Waals surface area contributed by atoms with Gasteiger partial charge in [-0.1, -0.05) is 69.9 Å². The molecule has 0 saturated heterocycles.